The molecule has 2 rings (SSSR count). The van der Waals surface area contributed by atoms with Crippen LogP contribution in [0.5, 0.6) is 0 Å². The van der Waals surface area contributed by atoms with Gasteiger partial charge in [0.1, 0.15) is 5.82 Å². The Bertz CT molecular complexity index is 461. The number of aromatic nitrogens is 1. The van der Waals surface area contributed by atoms with Gasteiger partial charge in [0.2, 0.25) is 5.91 Å². The number of anilines is 1. The van der Waals surface area contributed by atoms with Crippen molar-refractivity contribution in [1.29, 1.82) is 0 Å². The number of nitrogens with zero attached hydrogens (tertiary/aromatic N) is 1. The van der Waals surface area contributed by atoms with Crippen molar-refractivity contribution in [2.24, 2.45) is 5.92 Å². The monoisotopic (exact) mass is 268 g/mol. The van der Waals surface area contributed by atoms with Gasteiger partial charge in [0.25, 0.3) is 0 Å². The van der Waals surface area contributed by atoms with Crippen LogP contribution in [0.25, 0.3) is 0 Å². The molecule has 1 amide bonds. The number of ether oxygens (including phenoxy) is 1. The third-order valence-corrected chi connectivity index (χ3v) is 2.92. The van der Waals surface area contributed by atoms with Gasteiger partial charge in [0, 0.05) is 12.6 Å². The summed E-state index contributed by atoms with van der Waals surface area (Å²) < 4.78 is 4.99. The number of hydrogen-bond acceptors (Lipinski definition) is 4. The molecule has 1 aliphatic heterocycles. The smallest absolute Gasteiger partial charge is 0.309 e. The van der Waals surface area contributed by atoms with Crippen molar-refractivity contribution in [3.05, 3.63) is 23.4 Å². The second-order valence-corrected chi connectivity index (χ2v) is 4.73. The summed E-state index contributed by atoms with van der Waals surface area (Å²) in [5, 5.41) is 3.12. The maximum atomic E-state index is 11.7. The van der Waals surface area contributed by atoms with Crippen LogP contribution in [0.15, 0.2) is 18.3 Å². The Labute approximate surface area is 109 Å². The second-order valence-electron chi connectivity index (χ2n) is 4.29. The van der Waals surface area contributed by atoms with Gasteiger partial charge in [-0.15, -0.1) is 0 Å². The number of rotatable bonds is 3. The molecule has 1 N–H and O–H groups in total. The second kappa shape index (κ2) is 5.35. The largest absolute Gasteiger partial charge is 0.462 e. The van der Waals surface area contributed by atoms with Gasteiger partial charge in [-0.05, 0) is 25.5 Å². The summed E-state index contributed by atoms with van der Waals surface area (Å²) in [5.74, 6) is -0.487. The molecule has 0 aliphatic carbocycles. The predicted molar refractivity (Wildman–Crippen MR) is 66.2 cm³/mol. The highest BCUT2D eigenvalue weighted by molar-refractivity contribution is 6.30. The molecule has 1 fully saturated rings. The van der Waals surface area contributed by atoms with Crippen molar-refractivity contribution >= 4 is 29.3 Å². The van der Waals surface area contributed by atoms with Crippen LogP contribution in [0, 0.1) is 5.92 Å². The number of nitrogens with one attached hydrogen (secondary N) is 1. The van der Waals surface area contributed by atoms with Crippen molar-refractivity contribution in [3.63, 3.8) is 0 Å². The van der Waals surface area contributed by atoms with E-state index in [1.54, 1.807) is 12.1 Å². The van der Waals surface area contributed by atoms with Gasteiger partial charge < -0.3 is 10.1 Å². The molecule has 18 heavy (non-hydrogen) atoms. The summed E-state index contributed by atoms with van der Waals surface area (Å²) >= 11 is 5.68. The summed E-state index contributed by atoms with van der Waals surface area (Å²) in [6.07, 6.45) is 2.04. The minimum Gasteiger partial charge on any atom is -0.462 e. The molecule has 0 unspecified atom stereocenters. The van der Waals surface area contributed by atoms with Crippen LogP contribution < -0.4 is 5.32 Å². The van der Waals surface area contributed by atoms with Crippen molar-refractivity contribution in [1.82, 2.24) is 4.98 Å². The third-order valence-electron chi connectivity index (χ3n) is 2.69. The van der Waals surface area contributed by atoms with Gasteiger partial charge in [-0.3, -0.25) is 9.59 Å². The Hall–Kier alpha value is -1.62. The first-order valence-electron chi connectivity index (χ1n) is 5.66. The lowest BCUT2D eigenvalue weighted by atomic mass is 10.0. The van der Waals surface area contributed by atoms with E-state index in [2.05, 4.69) is 10.3 Å². The molecule has 0 saturated carbocycles. The molecule has 1 saturated heterocycles. The molecule has 5 nitrogen and oxygen atoms in total. The Balaban J connectivity index is 1.89. The van der Waals surface area contributed by atoms with Crippen molar-refractivity contribution < 1.29 is 14.3 Å². The number of amides is 1. The summed E-state index contributed by atoms with van der Waals surface area (Å²) in [7, 11) is 0. The zero-order chi connectivity index (χ0) is 13.1. The average molecular weight is 269 g/mol. The first kappa shape index (κ1) is 12.8. The van der Waals surface area contributed by atoms with Crippen LogP contribution in [0.1, 0.15) is 19.8 Å². The molecule has 2 heterocycles. The Morgan fingerprint density at radius 3 is 2.94 bits per heavy atom. The molecule has 2 atom stereocenters. The number of halogens is 1. The standard InChI is InChI=1S/C12H13ClN2O3/c1-7-4-8(12(17)18-7)5-11(16)15-10-3-2-9(13)6-14-10/h2-3,6-8H,4-5H2,1H3,(H,14,15,16)/t7-,8+/m1/s1. The first-order chi connectivity index (χ1) is 8.54. The molecule has 6 heteroatoms. The van der Waals surface area contributed by atoms with Crippen molar-refractivity contribution in [2.45, 2.75) is 25.9 Å². The fourth-order valence-corrected chi connectivity index (χ4v) is 1.99. The van der Waals surface area contributed by atoms with Gasteiger partial charge >= 0.3 is 5.97 Å². The third kappa shape index (κ3) is 3.20. The predicted octanol–water partition coefficient (Wildman–Crippen LogP) is 2.02. The van der Waals surface area contributed by atoms with E-state index in [1.807, 2.05) is 6.92 Å². The number of esters is 1. The van der Waals surface area contributed by atoms with E-state index in [-0.39, 0.29) is 30.3 Å². The molecule has 0 bridgehead atoms. The highest BCUT2D eigenvalue weighted by atomic mass is 35.5. The molecule has 1 aromatic heterocycles. The first-order valence-corrected chi connectivity index (χ1v) is 6.04. The van der Waals surface area contributed by atoms with Crippen LogP contribution in [0.4, 0.5) is 5.82 Å². The molecule has 1 aliphatic rings. The fourth-order valence-electron chi connectivity index (χ4n) is 1.87. The fraction of sp³-hybridized carbons (Fsp3) is 0.417. The summed E-state index contributed by atoms with van der Waals surface area (Å²) in [5.41, 5.74) is 0. The minimum atomic E-state index is -0.354. The van der Waals surface area contributed by atoms with Gasteiger partial charge in [-0.25, -0.2) is 4.98 Å². The molecule has 0 aromatic carbocycles. The van der Waals surface area contributed by atoms with E-state index in [4.69, 9.17) is 16.3 Å². The molecular formula is C12H13ClN2O3. The highest BCUT2D eigenvalue weighted by Gasteiger charge is 2.33. The van der Waals surface area contributed by atoms with Gasteiger partial charge in [-0.2, -0.15) is 0 Å². The minimum absolute atomic E-state index is 0.107. The molecular weight excluding hydrogens is 256 g/mol. The zero-order valence-electron chi connectivity index (χ0n) is 9.85. The maximum Gasteiger partial charge on any atom is 0.309 e. The zero-order valence-corrected chi connectivity index (χ0v) is 10.6. The normalized spacial score (nSPS) is 22.7. The Morgan fingerprint density at radius 2 is 2.39 bits per heavy atom. The Kier molecular flexibility index (Phi) is 3.81. The van der Waals surface area contributed by atoms with E-state index in [1.165, 1.54) is 6.20 Å². The molecule has 1 aromatic rings. The SMILES string of the molecule is C[C@@H]1C[C@@H](CC(=O)Nc2ccc(Cl)cn2)C(=O)O1. The number of pyridine rings is 1. The number of carbonyl (C=O) groups excluding carboxylic acids is 2. The van der Waals surface area contributed by atoms with E-state index in [0.717, 1.165) is 0 Å². The van der Waals surface area contributed by atoms with Gasteiger partial charge in [0.05, 0.1) is 17.0 Å². The summed E-state index contributed by atoms with van der Waals surface area (Å²) in [6, 6.07) is 3.24. The topological polar surface area (TPSA) is 68.3 Å². The molecule has 0 radical (unpaired) electrons. The van der Waals surface area contributed by atoms with Crippen LogP contribution in [-0.2, 0) is 14.3 Å². The van der Waals surface area contributed by atoms with E-state index in [9.17, 15) is 9.59 Å². The average Bonchev–Trinajstić information content (AvgIpc) is 2.61. The quantitative estimate of drug-likeness (QED) is 0.852. The van der Waals surface area contributed by atoms with Crippen LogP contribution in [0.2, 0.25) is 5.02 Å². The number of cyclic esters (lactones) is 1. The summed E-state index contributed by atoms with van der Waals surface area (Å²) in [6.45, 7) is 1.82. The van der Waals surface area contributed by atoms with Crippen molar-refractivity contribution in [3.8, 4) is 0 Å². The van der Waals surface area contributed by atoms with Crippen LogP contribution >= 0.6 is 11.6 Å². The molecule has 0 spiro atoms. The van der Waals surface area contributed by atoms with E-state index < -0.39 is 0 Å². The number of hydrogen-bond donors (Lipinski definition) is 1. The van der Waals surface area contributed by atoms with Crippen molar-refractivity contribution in [2.75, 3.05) is 5.32 Å². The Morgan fingerprint density at radius 1 is 1.61 bits per heavy atom. The maximum absolute atomic E-state index is 11.7. The summed E-state index contributed by atoms with van der Waals surface area (Å²) in [4.78, 5) is 27.0. The van der Waals surface area contributed by atoms with E-state index >= 15 is 0 Å². The van der Waals surface area contributed by atoms with Gasteiger partial charge in [-0.1, -0.05) is 11.6 Å². The lowest BCUT2D eigenvalue weighted by Gasteiger charge is -2.06. The highest BCUT2D eigenvalue weighted by Crippen LogP contribution is 2.24. The van der Waals surface area contributed by atoms with Crippen LogP contribution in [-0.4, -0.2) is 23.0 Å². The van der Waals surface area contributed by atoms with Gasteiger partial charge in [0.15, 0.2) is 0 Å². The lowest BCUT2D eigenvalue weighted by molar-refractivity contribution is -0.144. The van der Waals surface area contributed by atoms with E-state index in [0.29, 0.717) is 17.3 Å². The number of carbonyl (C=O) groups is 2. The lowest BCUT2D eigenvalue weighted by Crippen LogP contribution is -2.19. The van der Waals surface area contributed by atoms with Crippen LogP contribution in [0.3, 0.4) is 0 Å². The molecule has 96 valence electrons.